The molecule has 5 heteroatoms. The number of piperidine rings is 1. The lowest BCUT2D eigenvalue weighted by atomic mass is 9.41. The maximum absolute atomic E-state index is 9.02. The summed E-state index contributed by atoms with van der Waals surface area (Å²) >= 11 is 0. The fourth-order valence-corrected chi connectivity index (χ4v) is 4.35. The number of anilines is 1. The molecule has 0 spiro atoms. The zero-order valence-corrected chi connectivity index (χ0v) is 21.1. The van der Waals surface area contributed by atoms with Gasteiger partial charge in [-0.2, -0.15) is 0 Å². The van der Waals surface area contributed by atoms with E-state index in [0.717, 1.165) is 24.5 Å². The van der Waals surface area contributed by atoms with Gasteiger partial charge in [-0.05, 0) is 68.2 Å². The van der Waals surface area contributed by atoms with Crippen LogP contribution in [-0.2, 0) is 9.53 Å². The molecule has 31 heavy (non-hydrogen) atoms. The second-order valence-electron chi connectivity index (χ2n) is 8.11. The lowest BCUT2D eigenvalue weighted by Crippen LogP contribution is -2.34. The summed E-state index contributed by atoms with van der Waals surface area (Å²) in [5, 5.41) is 9.02. The van der Waals surface area contributed by atoms with E-state index in [1.807, 2.05) is 27.7 Å². The number of aryl methyl sites for hydroxylation is 2. The zero-order valence-electron chi connectivity index (χ0n) is 21.1. The predicted molar refractivity (Wildman–Crippen MR) is 135 cm³/mol. The van der Waals surface area contributed by atoms with Crippen LogP contribution in [0.1, 0.15) is 70.9 Å². The minimum absolute atomic E-state index is 0.345. The minimum Gasteiger partial charge on any atom is -0.471 e. The first-order valence-corrected chi connectivity index (χ1v) is 12.3. The molecule has 0 amide bonds. The predicted octanol–water partition coefficient (Wildman–Crippen LogP) is 6.72. The molecular weight excluding hydrogens is 383 g/mol. The summed E-state index contributed by atoms with van der Waals surface area (Å²) in [4.78, 5) is 11.5. The summed E-state index contributed by atoms with van der Waals surface area (Å²) in [7, 11) is 1.31. The molecule has 174 valence electrons. The Hall–Kier alpha value is -1.96. The average Bonchev–Trinajstić information content (AvgIpc) is 2.84. The lowest BCUT2D eigenvalue weighted by molar-refractivity contribution is -0.126. The molecule has 0 atom stereocenters. The normalized spacial score (nSPS) is 16.3. The summed E-state index contributed by atoms with van der Waals surface area (Å²) in [5.41, 5.74) is 4.19. The minimum atomic E-state index is 0.345. The molecule has 2 fully saturated rings. The Kier molecular flexibility index (Phi) is 16.6. The molecule has 2 aliphatic rings. The van der Waals surface area contributed by atoms with Crippen molar-refractivity contribution in [1.82, 2.24) is 0 Å². The molecule has 1 aromatic rings. The van der Waals surface area contributed by atoms with Crippen LogP contribution < -0.4 is 4.90 Å². The number of ether oxygens (including phenoxy) is 1. The van der Waals surface area contributed by atoms with E-state index in [0.29, 0.717) is 13.2 Å². The van der Waals surface area contributed by atoms with Gasteiger partial charge >= 0.3 is 0 Å². The lowest BCUT2D eigenvalue weighted by Gasteiger charge is -2.36. The first-order valence-electron chi connectivity index (χ1n) is 12.3. The Morgan fingerprint density at radius 1 is 1.03 bits per heavy atom. The number of nitrogens with zero attached hydrogens (tertiary/aromatic N) is 2. The molecule has 0 aliphatic carbocycles. The van der Waals surface area contributed by atoms with Gasteiger partial charge in [0.25, 0.3) is 13.2 Å². The quantitative estimate of drug-likeness (QED) is 0.395. The Labute approximate surface area is 192 Å². The van der Waals surface area contributed by atoms with E-state index in [-0.39, 0.29) is 0 Å². The fraction of sp³-hybridized carbons (Fsp3) is 0.692. The number of nitriles is 1. The molecule has 2 heterocycles. The van der Waals surface area contributed by atoms with Crippen molar-refractivity contribution in [2.24, 2.45) is 11.8 Å². The second-order valence-corrected chi connectivity index (χ2v) is 8.11. The highest BCUT2D eigenvalue weighted by Gasteiger charge is 2.27. The van der Waals surface area contributed by atoms with Crippen LogP contribution in [0.5, 0.6) is 0 Å². The molecule has 1 aromatic carbocycles. The van der Waals surface area contributed by atoms with E-state index in [4.69, 9.17) is 10.1 Å². The number of hydrogen-bond donors (Lipinski definition) is 0. The molecule has 0 bridgehead atoms. The molecule has 2 aliphatic heterocycles. The first kappa shape index (κ1) is 29.0. The van der Waals surface area contributed by atoms with Crippen LogP contribution in [0, 0.1) is 36.9 Å². The van der Waals surface area contributed by atoms with Crippen LogP contribution in [0.15, 0.2) is 18.2 Å². The van der Waals surface area contributed by atoms with Gasteiger partial charge in [-0.15, -0.1) is 0 Å². The van der Waals surface area contributed by atoms with Gasteiger partial charge in [0.1, 0.15) is 0 Å². The standard InChI is InChI=1S/C20H29BN2.C2H4O2.2C2H6/c1-16-3-4-20(13-17(16)2)23-11-7-19(8-12-23)14-18-5-9-21(15-22)10-6-18;1-4-2-3;2*1-2/h3-4,13,18-19H,5-12,14H2,1-2H3;2H,1H3;2*1-2H3. The maximum Gasteiger partial charge on any atom is 0.292 e. The van der Waals surface area contributed by atoms with Crippen molar-refractivity contribution in [2.45, 2.75) is 86.3 Å². The van der Waals surface area contributed by atoms with E-state index in [2.05, 4.69) is 47.7 Å². The van der Waals surface area contributed by atoms with Gasteiger partial charge in [0.15, 0.2) is 0 Å². The van der Waals surface area contributed by atoms with Gasteiger partial charge in [0.2, 0.25) is 0 Å². The molecule has 3 rings (SSSR count). The average molecular weight is 428 g/mol. The topological polar surface area (TPSA) is 53.3 Å². The third kappa shape index (κ3) is 10.8. The number of rotatable bonds is 4. The van der Waals surface area contributed by atoms with Crippen molar-refractivity contribution in [3.8, 4) is 5.97 Å². The molecule has 0 aromatic heterocycles. The van der Waals surface area contributed by atoms with Crippen molar-refractivity contribution in [1.29, 1.82) is 5.26 Å². The van der Waals surface area contributed by atoms with Crippen LogP contribution in [-0.4, -0.2) is 33.4 Å². The van der Waals surface area contributed by atoms with Gasteiger partial charge in [-0.1, -0.05) is 59.2 Å². The smallest absolute Gasteiger partial charge is 0.292 e. The SMILES string of the molecule is CC.CC.COC=O.Cc1ccc(N2CCC(CC3CCB(C#N)CC3)CC2)cc1C. The van der Waals surface area contributed by atoms with Crippen LogP contribution in [0.2, 0.25) is 12.6 Å². The highest BCUT2D eigenvalue weighted by molar-refractivity contribution is 6.67. The molecular formula is C26H45BN2O2. The Morgan fingerprint density at radius 3 is 2.00 bits per heavy atom. The van der Waals surface area contributed by atoms with E-state index in [1.54, 1.807) is 0 Å². The molecule has 4 nitrogen and oxygen atoms in total. The maximum atomic E-state index is 9.02. The summed E-state index contributed by atoms with van der Waals surface area (Å²) in [6, 6.07) is 6.88. The van der Waals surface area contributed by atoms with Gasteiger partial charge in [-0.25, -0.2) is 5.26 Å². The van der Waals surface area contributed by atoms with Crippen LogP contribution in [0.4, 0.5) is 5.69 Å². The number of carbonyl (C=O) groups is 1. The third-order valence-corrected chi connectivity index (χ3v) is 6.26. The van der Waals surface area contributed by atoms with Crippen molar-refractivity contribution in [3.05, 3.63) is 29.3 Å². The van der Waals surface area contributed by atoms with Crippen molar-refractivity contribution >= 4 is 18.9 Å². The van der Waals surface area contributed by atoms with Crippen LogP contribution >= 0.6 is 0 Å². The summed E-state index contributed by atoms with van der Waals surface area (Å²) in [5.74, 6) is 4.24. The Bertz CT molecular complexity index is 629. The molecule has 0 saturated carbocycles. The molecule has 0 radical (unpaired) electrons. The van der Waals surface area contributed by atoms with Crippen molar-refractivity contribution in [2.75, 3.05) is 25.1 Å². The van der Waals surface area contributed by atoms with Gasteiger partial charge in [0, 0.05) is 24.7 Å². The zero-order chi connectivity index (χ0) is 23.6. The molecule has 2 saturated heterocycles. The van der Waals surface area contributed by atoms with Gasteiger partial charge in [0.05, 0.1) is 7.11 Å². The van der Waals surface area contributed by atoms with Gasteiger partial charge in [-0.3, -0.25) is 4.79 Å². The molecule has 0 N–H and O–H groups in total. The van der Waals surface area contributed by atoms with Crippen LogP contribution in [0.25, 0.3) is 0 Å². The second kappa shape index (κ2) is 17.7. The summed E-state index contributed by atoms with van der Waals surface area (Å²) in [6.45, 7) is 15.5. The Balaban J connectivity index is 0.000000992. The summed E-state index contributed by atoms with van der Waals surface area (Å²) in [6.07, 6.45) is 8.94. The van der Waals surface area contributed by atoms with E-state index in [9.17, 15) is 0 Å². The largest absolute Gasteiger partial charge is 0.471 e. The fourth-order valence-electron chi connectivity index (χ4n) is 4.35. The monoisotopic (exact) mass is 428 g/mol. The van der Waals surface area contributed by atoms with Crippen molar-refractivity contribution < 1.29 is 9.53 Å². The highest BCUT2D eigenvalue weighted by atomic mass is 16.5. The number of carbonyl (C=O) groups excluding carboxylic acids is 1. The van der Waals surface area contributed by atoms with Crippen molar-refractivity contribution in [3.63, 3.8) is 0 Å². The third-order valence-electron chi connectivity index (χ3n) is 6.26. The molecule has 0 unspecified atom stereocenters. The summed E-state index contributed by atoms with van der Waals surface area (Å²) < 4.78 is 3.86. The van der Waals surface area contributed by atoms with E-state index >= 15 is 0 Å². The van der Waals surface area contributed by atoms with E-state index in [1.165, 1.54) is 69.1 Å². The van der Waals surface area contributed by atoms with Gasteiger partial charge < -0.3 is 9.64 Å². The first-order chi connectivity index (χ1) is 15.1. The highest BCUT2D eigenvalue weighted by Crippen LogP contribution is 2.34. The number of benzene rings is 1. The Morgan fingerprint density at radius 2 is 1.55 bits per heavy atom. The number of hydrogen-bond acceptors (Lipinski definition) is 4. The van der Waals surface area contributed by atoms with E-state index < -0.39 is 0 Å². The number of methoxy groups -OCH3 is 1. The van der Waals surface area contributed by atoms with Crippen LogP contribution in [0.3, 0.4) is 0 Å².